The van der Waals surface area contributed by atoms with Gasteiger partial charge in [0.1, 0.15) is 0 Å². The van der Waals surface area contributed by atoms with Gasteiger partial charge in [0.25, 0.3) is 0 Å². The maximum Gasteiger partial charge on any atom is 0.220 e. The first kappa shape index (κ1) is 14.2. The van der Waals surface area contributed by atoms with Crippen LogP contribution in [-0.4, -0.2) is 17.1 Å². The van der Waals surface area contributed by atoms with Gasteiger partial charge in [-0.2, -0.15) is 0 Å². The van der Waals surface area contributed by atoms with Crippen molar-refractivity contribution in [1.29, 1.82) is 0 Å². The molecule has 0 spiro atoms. The summed E-state index contributed by atoms with van der Waals surface area (Å²) in [7, 11) is 0. The highest BCUT2D eigenvalue weighted by Crippen LogP contribution is 2.23. The van der Waals surface area contributed by atoms with Crippen molar-refractivity contribution < 1.29 is 9.90 Å². The van der Waals surface area contributed by atoms with Crippen LogP contribution in [-0.2, 0) is 4.79 Å². The first-order valence-electron chi connectivity index (χ1n) is 6.14. The molecule has 2 N–H and O–H groups in total. The van der Waals surface area contributed by atoms with Crippen molar-refractivity contribution in [1.82, 2.24) is 5.32 Å². The summed E-state index contributed by atoms with van der Waals surface area (Å²) in [6.45, 7) is 3.82. The largest absolute Gasteiger partial charge is 0.393 e. The molecule has 1 aromatic rings. The molecule has 1 heterocycles. The Morgan fingerprint density at radius 2 is 2.29 bits per heavy atom. The Kier molecular flexibility index (Phi) is 6.22. The Morgan fingerprint density at radius 1 is 1.53 bits per heavy atom. The molecule has 0 bridgehead atoms. The molecule has 3 nitrogen and oxygen atoms in total. The van der Waals surface area contributed by atoms with Crippen molar-refractivity contribution in [2.75, 3.05) is 0 Å². The minimum Gasteiger partial charge on any atom is -0.393 e. The van der Waals surface area contributed by atoms with Crippen molar-refractivity contribution >= 4 is 17.2 Å². The summed E-state index contributed by atoms with van der Waals surface area (Å²) in [6, 6.07) is 4.19. The van der Waals surface area contributed by atoms with Gasteiger partial charge in [-0.1, -0.05) is 19.4 Å². The average molecular weight is 255 g/mol. The Labute approximate surface area is 107 Å². The molecule has 1 aromatic heterocycles. The number of carbonyl (C=O) groups is 1. The van der Waals surface area contributed by atoms with Gasteiger partial charge < -0.3 is 10.4 Å². The molecule has 1 amide bonds. The van der Waals surface area contributed by atoms with Crippen LogP contribution in [0.1, 0.15) is 50.4 Å². The van der Waals surface area contributed by atoms with Crippen LogP contribution in [0.5, 0.6) is 0 Å². The summed E-state index contributed by atoms with van der Waals surface area (Å²) in [5.74, 6) is 0.0257. The van der Waals surface area contributed by atoms with Gasteiger partial charge in [-0.25, -0.2) is 0 Å². The predicted octanol–water partition coefficient (Wildman–Crippen LogP) is 2.87. The number of aliphatic hydroxyl groups is 1. The van der Waals surface area contributed by atoms with Gasteiger partial charge in [0.15, 0.2) is 0 Å². The second-order valence-electron chi connectivity index (χ2n) is 4.31. The van der Waals surface area contributed by atoms with Crippen LogP contribution in [0.4, 0.5) is 0 Å². The number of hydrogen-bond acceptors (Lipinski definition) is 3. The quantitative estimate of drug-likeness (QED) is 0.787. The lowest BCUT2D eigenvalue weighted by molar-refractivity contribution is -0.122. The van der Waals surface area contributed by atoms with Gasteiger partial charge in [0.2, 0.25) is 5.91 Å². The van der Waals surface area contributed by atoms with E-state index >= 15 is 0 Å². The summed E-state index contributed by atoms with van der Waals surface area (Å²) in [5, 5.41) is 14.2. The van der Waals surface area contributed by atoms with Crippen molar-refractivity contribution in [2.24, 2.45) is 0 Å². The van der Waals surface area contributed by atoms with E-state index in [9.17, 15) is 4.79 Å². The SMILES string of the molecule is CCCC(NC(=O)CCC(C)O)c1cccs1. The molecule has 96 valence electrons. The Hall–Kier alpha value is -0.870. The van der Waals surface area contributed by atoms with Gasteiger partial charge >= 0.3 is 0 Å². The summed E-state index contributed by atoms with van der Waals surface area (Å²) in [5.41, 5.74) is 0. The second kappa shape index (κ2) is 7.45. The lowest BCUT2D eigenvalue weighted by Crippen LogP contribution is -2.28. The Balaban J connectivity index is 2.47. The molecule has 0 fully saturated rings. The van der Waals surface area contributed by atoms with Crippen LogP contribution in [0.15, 0.2) is 17.5 Å². The number of rotatable bonds is 7. The molecule has 0 saturated carbocycles. The maximum absolute atomic E-state index is 11.7. The van der Waals surface area contributed by atoms with Crippen molar-refractivity contribution in [3.63, 3.8) is 0 Å². The fourth-order valence-corrected chi connectivity index (χ4v) is 2.48. The molecule has 0 radical (unpaired) electrons. The summed E-state index contributed by atoms with van der Waals surface area (Å²) >= 11 is 1.67. The number of amides is 1. The number of aliphatic hydroxyl groups excluding tert-OH is 1. The fourth-order valence-electron chi connectivity index (χ4n) is 1.67. The van der Waals surface area contributed by atoms with Crippen molar-refractivity contribution in [3.8, 4) is 0 Å². The van der Waals surface area contributed by atoms with Crippen LogP contribution < -0.4 is 5.32 Å². The summed E-state index contributed by atoms with van der Waals surface area (Å²) in [4.78, 5) is 12.9. The third-order valence-corrected chi connectivity index (χ3v) is 3.57. The molecule has 0 aromatic carbocycles. The minimum absolute atomic E-state index is 0.0257. The molecule has 4 heteroatoms. The van der Waals surface area contributed by atoms with Gasteiger partial charge in [-0.15, -0.1) is 11.3 Å². The highest BCUT2D eigenvalue weighted by Gasteiger charge is 2.14. The van der Waals surface area contributed by atoms with Crippen LogP contribution in [0.3, 0.4) is 0 Å². The zero-order valence-electron chi connectivity index (χ0n) is 10.5. The zero-order valence-corrected chi connectivity index (χ0v) is 11.3. The third kappa shape index (κ3) is 5.33. The standard InChI is InChI=1S/C13H21NO2S/c1-3-5-11(12-6-4-9-17-12)14-13(16)8-7-10(2)15/h4,6,9-11,15H,3,5,7-8H2,1-2H3,(H,14,16). The minimum atomic E-state index is -0.410. The van der Waals surface area contributed by atoms with E-state index in [0.29, 0.717) is 12.8 Å². The highest BCUT2D eigenvalue weighted by atomic mass is 32.1. The molecular formula is C13H21NO2S. The van der Waals surface area contributed by atoms with E-state index in [1.165, 1.54) is 4.88 Å². The third-order valence-electron chi connectivity index (χ3n) is 2.59. The van der Waals surface area contributed by atoms with E-state index in [-0.39, 0.29) is 11.9 Å². The Morgan fingerprint density at radius 3 is 2.82 bits per heavy atom. The topological polar surface area (TPSA) is 49.3 Å². The van der Waals surface area contributed by atoms with Crippen LogP contribution in [0.25, 0.3) is 0 Å². The van der Waals surface area contributed by atoms with Crippen molar-refractivity contribution in [2.45, 2.75) is 51.7 Å². The van der Waals surface area contributed by atoms with Crippen LogP contribution in [0, 0.1) is 0 Å². The number of nitrogens with one attached hydrogen (secondary N) is 1. The molecule has 0 saturated heterocycles. The second-order valence-corrected chi connectivity index (χ2v) is 5.29. The maximum atomic E-state index is 11.7. The van der Waals surface area contributed by atoms with E-state index in [1.807, 2.05) is 11.4 Å². The average Bonchev–Trinajstić information content (AvgIpc) is 2.79. The first-order chi connectivity index (χ1) is 8.13. The van der Waals surface area contributed by atoms with Crippen LogP contribution >= 0.6 is 11.3 Å². The molecule has 1 rings (SSSR count). The number of carbonyl (C=O) groups excluding carboxylic acids is 1. The first-order valence-corrected chi connectivity index (χ1v) is 7.02. The van der Waals surface area contributed by atoms with E-state index in [0.717, 1.165) is 12.8 Å². The Bertz CT molecular complexity index is 322. The predicted molar refractivity (Wildman–Crippen MR) is 71.0 cm³/mol. The molecule has 0 aliphatic heterocycles. The number of thiophene rings is 1. The van der Waals surface area contributed by atoms with Crippen LogP contribution in [0.2, 0.25) is 0 Å². The number of hydrogen-bond donors (Lipinski definition) is 2. The van der Waals surface area contributed by atoms with Gasteiger partial charge in [0.05, 0.1) is 12.1 Å². The van der Waals surface area contributed by atoms with E-state index in [4.69, 9.17) is 5.11 Å². The lowest BCUT2D eigenvalue weighted by Gasteiger charge is -2.17. The molecule has 17 heavy (non-hydrogen) atoms. The highest BCUT2D eigenvalue weighted by molar-refractivity contribution is 7.10. The van der Waals surface area contributed by atoms with Gasteiger partial charge in [0, 0.05) is 11.3 Å². The molecule has 0 aliphatic rings. The van der Waals surface area contributed by atoms with E-state index in [1.54, 1.807) is 18.3 Å². The van der Waals surface area contributed by atoms with E-state index < -0.39 is 6.10 Å². The fraction of sp³-hybridized carbons (Fsp3) is 0.615. The molecule has 2 atom stereocenters. The summed E-state index contributed by atoms with van der Waals surface area (Å²) < 4.78 is 0. The molecule has 2 unspecified atom stereocenters. The van der Waals surface area contributed by atoms with Crippen molar-refractivity contribution in [3.05, 3.63) is 22.4 Å². The van der Waals surface area contributed by atoms with Gasteiger partial charge in [-0.3, -0.25) is 4.79 Å². The molecular weight excluding hydrogens is 234 g/mol. The normalized spacial score (nSPS) is 14.3. The smallest absolute Gasteiger partial charge is 0.220 e. The van der Waals surface area contributed by atoms with E-state index in [2.05, 4.69) is 18.3 Å². The lowest BCUT2D eigenvalue weighted by atomic mass is 10.1. The monoisotopic (exact) mass is 255 g/mol. The van der Waals surface area contributed by atoms with Gasteiger partial charge in [-0.05, 0) is 31.2 Å². The molecule has 0 aliphatic carbocycles. The summed E-state index contributed by atoms with van der Waals surface area (Å²) in [6.07, 6.45) is 2.51. The zero-order chi connectivity index (χ0) is 12.7.